The largest absolute Gasteiger partial charge is 0.461 e. The number of carbonyl (C=O) groups excluding carboxylic acids is 1. The van der Waals surface area contributed by atoms with Gasteiger partial charge in [0.2, 0.25) is 0 Å². The molecule has 0 saturated carbocycles. The van der Waals surface area contributed by atoms with Crippen LogP contribution in [0.4, 0.5) is 0 Å². The molecular formula is C14H26O2. The fraction of sp³-hybridized carbons (Fsp3) is 0.786. The zero-order valence-corrected chi connectivity index (χ0v) is 10.8. The van der Waals surface area contributed by atoms with Gasteiger partial charge in [-0.1, -0.05) is 51.7 Å². The molecule has 0 heterocycles. The maximum Gasteiger partial charge on any atom is 0.306 e. The molecule has 0 amide bonds. The van der Waals surface area contributed by atoms with Crippen molar-refractivity contribution in [2.24, 2.45) is 0 Å². The Morgan fingerprint density at radius 2 is 1.75 bits per heavy atom. The number of hydrogen-bond acceptors (Lipinski definition) is 2. The highest BCUT2D eigenvalue weighted by molar-refractivity contribution is 5.69. The summed E-state index contributed by atoms with van der Waals surface area (Å²) in [6.45, 7) is 4.73. The highest BCUT2D eigenvalue weighted by Crippen LogP contribution is 2.03. The lowest BCUT2D eigenvalue weighted by molar-refractivity contribution is -0.142. The molecule has 0 aromatic rings. The molecular weight excluding hydrogens is 200 g/mol. The van der Waals surface area contributed by atoms with Gasteiger partial charge in [0.05, 0.1) is 0 Å². The fourth-order valence-corrected chi connectivity index (χ4v) is 1.41. The van der Waals surface area contributed by atoms with E-state index in [2.05, 4.69) is 19.9 Å². The lowest BCUT2D eigenvalue weighted by Gasteiger charge is -2.00. The second-order valence-electron chi connectivity index (χ2n) is 4.11. The van der Waals surface area contributed by atoms with Gasteiger partial charge in [-0.15, -0.1) is 0 Å². The maximum atomic E-state index is 11.1. The molecule has 0 atom stereocenters. The summed E-state index contributed by atoms with van der Waals surface area (Å²) in [5, 5.41) is 0. The molecule has 0 aromatic carbocycles. The van der Waals surface area contributed by atoms with E-state index in [0.717, 1.165) is 19.3 Å². The number of hydrogen-bond donors (Lipinski definition) is 0. The molecule has 2 heteroatoms. The summed E-state index contributed by atoms with van der Waals surface area (Å²) in [6, 6.07) is 0. The molecule has 94 valence electrons. The first kappa shape index (κ1) is 15.2. The van der Waals surface area contributed by atoms with Gasteiger partial charge in [-0.25, -0.2) is 0 Å². The first-order chi connectivity index (χ1) is 7.81. The SMILES string of the molecule is CCCCCC/C=C\COC(=O)CCCC. The lowest BCUT2D eigenvalue weighted by Crippen LogP contribution is -2.03. The Balaban J connectivity index is 3.23. The van der Waals surface area contributed by atoms with Crippen LogP contribution in [0.2, 0.25) is 0 Å². The van der Waals surface area contributed by atoms with Crippen LogP contribution in [0.5, 0.6) is 0 Å². The smallest absolute Gasteiger partial charge is 0.306 e. The highest BCUT2D eigenvalue weighted by atomic mass is 16.5. The van der Waals surface area contributed by atoms with E-state index in [0.29, 0.717) is 13.0 Å². The van der Waals surface area contributed by atoms with Gasteiger partial charge >= 0.3 is 5.97 Å². The molecule has 0 aliphatic rings. The Hall–Kier alpha value is -0.790. The van der Waals surface area contributed by atoms with E-state index in [1.54, 1.807) is 0 Å². The van der Waals surface area contributed by atoms with E-state index < -0.39 is 0 Å². The third-order valence-electron chi connectivity index (χ3n) is 2.47. The van der Waals surface area contributed by atoms with Crippen LogP contribution in [0.1, 0.15) is 65.2 Å². The van der Waals surface area contributed by atoms with E-state index in [9.17, 15) is 4.79 Å². The van der Waals surface area contributed by atoms with Gasteiger partial charge in [-0.3, -0.25) is 4.79 Å². The minimum Gasteiger partial charge on any atom is -0.461 e. The van der Waals surface area contributed by atoms with Crippen molar-refractivity contribution in [2.75, 3.05) is 6.61 Å². The summed E-state index contributed by atoms with van der Waals surface area (Å²) in [4.78, 5) is 11.1. The van der Waals surface area contributed by atoms with Crippen LogP contribution < -0.4 is 0 Å². The van der Waals surface area contributed by atoms with Crippen LogP contribution >= 0.6 is 0 Å². The molecule has 2 nitrogen and oxygen atoms in total. The quantitative estimate of drug-likeness (QED) is 0.316. The molecule has 0 aliphatic heterocycles. The van der Waals surface area contributed by atoms with Gasteiger partial charge in [0, 0.05) is 6.42 Å². The van der Waals surface area contributed by atoms with Gasteiger partial charge in [-0.05, 0) is 19.3 Å². The van der Waals surface area contributed by atoms with E-state index in [1.165, 1.54) is 25.7 Å². The van der Waals surface area contributed by atoms with Crippen molar-refractivity contribution in [2.45, 2.75) is 65.2 Å². The molecule has 0 aliphatic carbocycles. The van der Waals surface area contributed by atoms with Crippen molar-refractivity contribution >= 4 is 5.97 Å². The number of carbonyl (C=O) groups is 1. The predicted molar refractivity (Wildman–Crippen MR) is 68.4 cm³/mol. The van der Waals surface area contributed by atoms with Crippen LogP contribution in [0, 0.1) is 0 Å². The van der Waals surface area contributed by atoms with Crippen molar-refractivity contribution in [1.29, 1.82) is 0 Å². The topological polar surface area (TPSA) is 26.3 Å². The van der Waals surface area contributed by atoms with Crippen LogP contribution in [0.15, 0.2) is 12.2 Å². The Morgan fingerprint density at radius 1 is 1.00 bits per heavy atom. The molecule has 0 saturated heterocycles. The van der Waals surface area contributed by atoms with Crippen LogP contribution in [0.25, 0.3) is 0 Å². The van der Waals surface area contributed by atoms with Crippen molar-refractivity contribution in [3.8, 4) is 0 Å². The van der Waals surface area contributed by atoms with E-state index in [1.807, 2.05) is 6.08 Å². The standard InChI is InChI=1S/C14H26O2/c1-3-5-7-8-9-10-11-13-16-14(15)12-6-4-2/h10-11H,3-9,12-13H2,1-2H3/b11-10-. The summed E-state index contributed by atoms with van der Waals surface area (Å²) in [5.41, 5.74) is 0. The lowest BCUT2D eigenvalue weighted by atomic mass is 10.1. The van der Waals surface area contributed by atoms with Crippen molar-refractivity contribution < 1.29 is 9.53 Å². The molecule has 0 N–H and O–H groups in total. The number of rotatable bonds is 10. The summed E-state index contributed by atoms with van der Waals surface area (Å²) in [6.07, 6.45) is 12.8. The van der Waals surface area contributed by atoms with Crippen LogP contribution in [-0.4, -0.2) is 12.6 Å². The van der Waals surface area contributed by atoms with Crippen LogP contribution in [-0.2, 0) is 9.53 Å². The summed E-state index contributed by atoms with van der Waals surface area (Å²) < 4.78 is 5.05. The summed E-state index contributed by atoms with van der Waals surface area (Å²) in [5.74, 6) is -0.0718. The van der Waals surface area contributed by atoms with Gasteiger partial charge < -0.3 is 4.74 Å². The highest BCUT2D eigenvalue weighted by Gasteiger charge is 1.98. The Bertz CT molecular complexity index is 185. The first-order valence-corrected chi connectivity index (χ1v) is 6.61. The van der Waals surface area contributed by atoms with Gasteiger partial charge in [0.15, 0.2) is 0 Å². The molecule has 0 spiro atoms. The molecule has 16 heavy (non-hydrogen) atoms. The van der Waals surface area contributed by atoms with Crippen molar-refractivity contribution in [3.63, 3.8) is 0 Å². The Labute approximate surface area is 100 Å². The molecule has 0 fully saturated rings. The Kier molecular flexibility index (Phi) is 11.7. The molecule has 0 aromatic heterocycles. The number of esters is 1. The normalized spacial score (nSPS) is 10.9. The molecule has 0 rings (SSSR count). The van der Waals surface area contributed by atoms with Gasteiger partial charge in [-0.2, -0.15) is 0 Å². The molecule has 0 bridgehead atoms. The average Bonchev–Trinajstić information content (AvgIpc) is 2.30. The Morgan fingerprint density at radius 3 is 2.44 bits per heavy atom. The third-order valence-corrected chi connectivity index (χ3v) is 2.47. The third kappa shape index (κ3) is 11.3. The maximum absolute atomic E-state index is 11.1. The fourth-order valence-electron chi connectivity index (χ4n) is 1.41. The van der Waals surface area contributed by atoms with Crippen molar-refractivity contribution in [3.05, 3.63) is 12.2 Å². The second-order valence-corrected chi connectivity index (χ2v) is 4.11. The summed E-state index contributed by atoms with van der Waals surface area (Å²) >= 11 is 0. The zero-order chi connectivity index (χ0) is 12.1. The van der Waals surface area contributed by atoms with E-state index in [4.69, 9.17) is 4.74 Å². The van der Waals surface area contributed by atoms with E-state index >= 15 is 0 Å². The van der Waals surface area contributed by atoms with E-state index in [-0.39, 0.29) is 5.97 Å². The number of allylic oxidation sites excluding steroid dienone is 1. The zero-order valence-electron chi connectivity index (χ0n) is 10.8. The molecule has 0 unspecified atom stereocenters. The minimum absolute atomic E-state index is 0.0718. The van der Waals surface area contributed by atoms with Gasteiger partial charge in [0.25, 0.3) is 0 Å². The second kappa shape index (κ2) is 12.3. The molecule has 0 radical (unpaired) electrons. The number of unbranched alkanes of at least 4 members (excludes halogenated alkanes) is 5. The van der Waals surface area contributed by atoms with Crippen LogP contribution in [0.3, 0.4) is 0 Å². The average molecular weight is 226 g/mol. The van der Waals surface area contributed by atoms with Gasteiger partial charge in [0.1, 0.15) is 6.61 Å². The first-order valence-electron chi connectivity index (χ1n) is 6.61. The monoisotopic (exact) mass is 226 g/mol. The minimum atomic E-state index is -0.0718. The number of ether oxygens (including phenoxy) is 1. The predicted octanol–water partition coefficient (Wildman–Crippen LogP) is 4.25. The summed E-state index contributed by atoms with van der Waals surface area (Å²) in [7, 11) is 0. The van der Waals surface area contributed by atoms with Crippen molar-refractivity contribution in [1.82, 2.24) is 0 Å².